The van der Waals surface area contributed by atoms with E-state index in [4.69, 9.17) is 4.74 Å². The summed E-state index contributed by atoms with van der Waals surface area (Å²) in [6.07, 6.45) is 2.50. The van der Waals surface area contributed by atoms with Gasteiger partial charge in [-0.05, 0) is 53.8 Å². The molecular formula is C17H31N5O2. The van der Waals surface area contributed by atoms with Gasteiger partial charge in [-0.3, -0.25) is 4.79 Å². The summed E-state index contributed by atoms with van der Waals surface area (Å²) in [4.78, 5) is 21.6. The fraction of sp³-hybridized carbons (Fsp3) is 0.824. The fourth-order valence-corrected chi connectivity index (χ4v) is 3.42. The van der Waals surface area contributed by atoms with Crippen molar-refractivity contribution in [3.63, 3.8) is 0 Å². The number of carbonyl (C=O) groups is 1. The lowest BCUT2D eigenvalue weighted by molar-refractivity contribution is -0.136. The molecule has 1 aliphatic heterocycles. The summed E-state index contributed by atoms with van der Waals surface area (Å²) in [5.41, 5.74) is 0. The third kappa shape index (κ3) is 4.77. The monoisotopic (exact) mass is 337 g/mol. The summed E-state index contributed by atoms with van der Waals surface area (Å²) >= 11 is 0. The van der Waals surface area contributed by atoms with Crippen molar-refractivity contribution >= 4 is 5.91 Å². The van der Waals surface area contributed by atoms with E-state index in [1.807, 2.05) is 30.4 Å². The van der Waals surface area contributed by atoms with Crippen molar-refractivity contribution in [2.75, 3.05) is 40.4 Å². The van der Waals surface area contributed by atoms with Crippen molar-refractivity contribution in [2.45, 2.75) is 52.1 Å². The van der Waals surface area contributed by atoms with Crippen molar-refractivity contribution in [3.05, 3.63) is 11.6 Å². The molecule has 0 bridgehead atoms. The van der Waals surface area contributed by atoms with Crippen LogP contribution in [0.15, 0.2) is 0 Å². The highest BCUT2D eigenvalue weighted by Crippen LogP contribution is 2.20. The first-order valence-corrected chi connectivity index (χ1v) is 8.79. The Hall–Kier alpha value is -1.47. The number of aromatic nitrogens is 3. The number of aryl methyl sites for hydroxylation is 2. The van der Waals surface area contributed by atoms with Crippen LogP contribution in [0.3, 0.4) is 0 Å². The molecule has 1 atom stereocenters. The van der Waals surface area contributed by atoms with Crippen molar-refractivity contribution < 1.29 is 9.53 Å². The lowest BCUT2D eigenvalue weighted by Crippen LogP contribution is -2.48. The number of hydrogen-bond donors (Lipinski definition) is 0. The molecule has 0 saturated carbocycles. The second kappa shape index (κ2) is 8.58. The summed E-state index contributed by atoms with van der Waals surface area (Å²) in [6, 6.07) is 0.324. The highest BCUT2D eigenvalue weighted by atomic mass is 16.5. The van der Waals surface area contributed by atoms with Crippen LogP contribution in [0.1, 0.15) is 43.9 Å². The predicted molar refractivity (Wildman–Crippen MR) is 92.9 cm³/mol. The van der Waals surface area contributed by atoms with Gasteiger partial charge in [0, 0.05) is 26.1 Å². The smallest absolute Gasteiger partial charge is 0.225 e. The van der Waals surface area contributed by atoms with Crippen LogP contribution in [0.5, 0.6) is 0 Å². The van der Waals surface area contributed by atoms with Gasteiger partial charge in [0.1, 0.15) is 11.6 Å². The molecule has 2 heterocycles. The molecule has 7 nitrogen and oxygen atoms in total. The average molecular weight is 337 g/mol. The molecule has 0 aromatic carbocycles. The van der Waals surface area contributed by atoms with Crippen LogP contribution < -0.4 is 0 Å². The largest absolute Gasteiger partial charge is 0.383 e. The van der Waals surface area contributed by atoms with E-state index in [1.165, 1.54) is 0 Å². The minimum absolute atomic E-state index is 0.00927. The maximum absolute atomic E-state index is 12.9. The van der Waals surface area contributed by atoms with Gasteiger partial charge >= 0.3 is 0 Å². The Morgan fingerprint density at radius 2 is 2.04 bits per heavy atom. The molecule has 1 aromatic rings. The van der Waals surface area contributed by atoms with Gasteiger partial charge in [-0.25, -0.2) is 9.67 Å². The van der Waals surface area contributed by atoms with Gasteiger partial charge in [-0.1, -0.05) is 0 Å². The summed E-state index contributed by atoms with van der Waals surface area (Å²) in [7, 11) is 3.82. The molecule has 1 fully saturated rings. The molecule has 1 amide bonds. The number of nitrogens with zero attached hydrogens (tertiary/aromatic N) is 5. The van der Waals surface area contributed by atoms with E-state index in [-0.39, 0.29) is 11.9 Å². The zero-order chi connectivity index (χ0) is 17.7. The van der Waals surface area contributed by atoms with Gasteiger partial charge in [-0.2, -0.15) is 5.10 Å². The van der Waals surface area contributed by atoms with Crippen molar-refractivity contribution in [1.29, 1.82) is 0 Å². The minimum atomic E-state index is 0.00927. The molecule has 7 heteroatoms. The fourth-order valence-electron chi connectivity index (χ4n) is 3.42. The number of methoxy groups -OCH3 is 1. The van der Waals surface area contributed by atoms with Crippen LogP contribution in [0, 0.1) is 13.8 Å². The number of carbonyl (C=O) groups excluding carboxylic acids is 1. The van der Waals surface area contributed by atoms with Crippen LogP contribution in [0.4, 0.5) is 0 Å². The number of likely N-dealkylation sites (tertiary alicyclic amines) is 1. The zero-order valence-corrected chi connectivity index (χ0v) is 15.7. The van der Waals surface area contributed by atoms with Crippen molar-refractivity contribution in [3.8, 4) is 0 Å². The maximum atomic E-state index is 12.9. The molecule has 1 saturated heterocycles. The molecule has 24 heavy (non-hydrogen) atoms. The summed E-state index contributed by atoms with van der Waals surface area (Å²) in [5, 5.41) is 4.41. The Labute approximate surface area is 145 Å². The van der Waals surface area contributed by atoms with E-state index in [0.29, 0.717) is 25.6 Å². The number of piperidine rings is 1. The average Bonchev–Trinajstić information content (AvgIpc) is 2.88. The van der Waals surface area contributed by atoms with Gasteiger partial charge in [0.05, 0.1) is 12.6 Å². The first-order chi connectivity index (χ1) is 11.4. The Morgan fingerprint density at radius 1 is 1.38 bits per heavy atom. The Morgan fingerprint density at radius 3 is 2.58 bits per heavy atom. The Balaban J connectivity index is 2.02. The first-order valence-electron chi connectivity index (χ1n) is 8.79. The molecule has 2 rings (SSSR count). The lowest BCUT2D eigenvalue weighted by Gasteiger charge is -2.37. The van der Waals surface area contributed by atoms with Gasteiger partial charge in [-0.15, -0.1) is 0 Å². The van der Waals surface area contributed by atoms with Crippen molar-refractivity contribution in [2.24, 2.45) is 0 Å². The van der Waals surface area contributed by atoms with Crippen LogP contribution in [0.2, 0.25) is 0 Å². The molecule has 0 N–H and O–H groups in total. The maximum Gasteiger partial charge on any atom is 0.225 e. The topological polar surface area (TPSA) is 63.5 Å². The number of rotatable bonds is 7. The molecule has 1 unspecified atom stereocenters. The van der Waals surface area contributed by atoms with Gasteiger partial charge < -0.3 is 14.5 Å². The summed E-state index contributed by atoms with van der Waals surface area (Å²) < 4.78 is 7.07. The molecule has 136 valence electrons. The normalized spacial score (nSPS) is 17.9. The lowest BCUT2D eigenvalue weighted by atomic mass is 10.0. The second-order valence-corrected chi connectivity index (χ2v) is 6.82. The number of amides is 1. The highest BCUT2D eigenvalue weighted by Gasteiger charge is 2.28. The molecular weight excluding hydrogens is 306 g/mol. The summed E-state index contributed by atoms with van der Waals surface area (Å²) in [6.45, 7) is 9.15. The van der Waals surface area contributed by atoms with E-state index >= 15 is 0 Å². The van der Waals surface area contributed by atoms with E-state index in [2.05, 4.69) is 22.0 Å². The van der Waals surface area contributed by atoms with E-state index in [1.54, 1.807) is 7.11 Å². The van der Waals surface area contributed by atoms with E-state index in [9.17, 15) is 4.79 Å². The molecule has 1 aliphatic rings. The van der Waals surface area contributed by atoms with Crippen LogP contribution in [-0.2, 0) is 9.53 Å². The first kappa shape index (κ1) is 18.9. The van der Waals surface area contributed by atoms with E-state index in [0.717, 1.165) is 37.6 Å². The molecule has 0 radical (unpaired) electrons. The quantitative estimate of drug-likeness (QED) is 0.753. The molecule has 0 aliphatic carbocycles. The SMILES string of the molecule is COCCN(C(=O)CC(C)n1nc(C)nc1C)C1CCN(C)CC1. The number of hydrogen-bond acceptors (Lipinski definition) is 5. The zero-order valence-electron chi connectivity index (χ0n) is 15.7. The van der Waals surface area contributed by atoms with Gasteiger partial charge in [0.15, 0.2) is 0 Å². The van der Waals surface area contributed by atoms with Crippen molar-refractivity contribution in [1.82, 2.24) is 24.6 Å². The minimum Gasteiger partial charge on any atom is -0.383 e. The molecule has 1 aromatic heterocycles. The third-order valence-corrected chi connectivity index (χ3v) is 4.78. The van der Waals surface area contributed by atoms with Gasteiger partial charge in [0.2, 0.25) is 5.91 Å². The Bertz CT molecular complexity index is 537. The van der Waals surface area contributed by atoms with Gasteiger partial charge in [0.25, 0.3) is 0 Å². The molecule has 0 spiro atoms. The predicted octanol–water partition coefficient (Wildman–Crippen LogP) is 1.42. The standard InChI is InChI=1S/C17H31N5O2/c1-13(22-15(3)18-14(2)19-22)12-17(23)21(10-11-24-5)16-6-8-20(4)9-7-16/h13,16H,6-12H2,1-5H3. The highest BCUT2D eigenvalue weighted by molar-refractivity contribution is 5.77. The van der Waals surface area contributed by atoms with Crippen LogP contribution >= 0.6 is 0 Å². The van der Waals surface area contributed by atoms with E-state index < -0.39 is 0 Å². The summed E-state index contributed by atoms with van der Waals surface area (Å²) in [5.74, 6) is 1.79. The van der Waals surface area contributed by atoms with Crippen LogP contribution in [-0.4, -0.2) is 76.9 Å². The number of ether oxygens (including phenoxy) is 1. The third-order valence-electron chi connectivity index (χ3n) is 4.78. The Kier molecular flexibility index (Phi) is 6.74. The second-order valence-electron chi connectivity index (χ2n) is 6.82. The van der Waals surface area contributed by atoms with Crippen LogP contribution in [0.25, 0.3) is 0 Å².